The third-order valence-electron chi connectivity index (χ3n) is 6.57. The molecule has 5 rings (SSSR count). The number of carbonyl (C=O) groups is 3. The second-order valence-corrected chi connectivity index (χ2v) is 9.69. The van der Waals surface area contributed by atoms with Crippen LogP contribution in [0.1, 0.15) is 38.0 Å². The molecule has 174 valence electrons. The van der Waals surface area contributed by atoms with E-state index in [2.05, 4.69) is 0 Å². The number of nitrogens with zero attached hydrogens (tertiary/aromatic N) is 2. The van der Waals surface area contributed by atoms with E-state index in [9.17, 15) is 14.4 Å². The Hall–Kier alpha value is -3.49. The van der Waals surface area contributed by atoms with E-state index in [4.69, 9.17) is 9.57 Å². The summed E-state index contributed by atoms with van der Waals surface area (Å²) >= 11 is 1.24. The minimum Gasteiger partial charge on any atom is -0.465 e. The van der Waals surface area contributed by atoms with Gasteiger partial charge in [-0.3, -0.25) is 14.4 Å². The highest BCUT2D eigenvalue weighted by Crippen LogP contribution is 2.50. The normalized spacial score (nSPS) is 21.8. The SMILES string of the molecule is COC(=O)c1c(N2C(=O)C3ON(c4ccccc4C)C(c4ccccc4)C3C2=O)sc(C)c1C. The number of thiophene rings is 1. The van der Waals surface area contributed by atoms with E-state index in [0.29, 0.717) is 10.6 Å². The van der Waals surface area contributed by atoms with Gasteiger partial charge in [-0.25, -0.2) is 14.8 Å². The number of aryl methyl sites for hydroxylation is 2. The number of carbonyl (C=O) groups excluding carboxylic acids is 3. The van der Waals surface area contributed by atoms with Crippen molar-refractivity contribution in [3.8, 4) is 0 Å². The molecule has 2 aliphatic rings. The number of fused-ring (bicyclic) bond motifs is 1. The lowest BCUT2D eigenvalue weighted by atomic mass is 9.90. The third-order valence-corrected chi connectivity index (χ3v) is 7.76. The topological polar surface area (TPSA) is 76.2 Å². The van der Waals surface area contributed by atoms with Gasteiger partial charge >= 0.3 is 5.97 Å². The number of hydrogen-bond donors (Lipinski definition) is 0. The molecular weight excluding hydrogens is 452 g/mol. The Morgan fingerprint density at radius 1 is 0.971 bits per heavy atom. The quantitative estimate of drug-likeness (QED) is 0.407. The Labute approximate surface area is 201 Å². The molecule has 2 aliphatic heterocycles. The lowest BCUT2D eigenvalue weighted by molar-refractivity contribution is -0.126. The van der Waals surface area contributed by atoms with Crippen molar-refractivity contribution in [2.45, 2.75) is 32.9 Å². The summed E-state index contributed by atoms with van der Waals surface area (Å²) in [7, 11) is 1.29. The van der Waals surface area contributed by atoms with Crippen LogP contribution in [0, 0.1) is 26.7 Å². The minimum atomic E-state index is -0.995. The highest BCUT2D eigenvalue weighted by atomic mass is 32.1. The molecular formula is C26H24N2O5S. The summed E-state index contributed by atoms with van der Waals surface area (Å²) in [5.74, 6) is -2.19. The monoisotopic (exact) mass is 476 g/mol. The standard InChI is InChI=1S/C26H24N2O5S/c1-14-10-8-9-13-18(14)28-21(17-11-6-5-7-12-17)20-22(33-28)24(30)27(23(20)29)25-19(26(31)32-4)15(2)16(3)34-25/h5-13,20-22H,1-4H3. The summed E-state index contributed by atoms with van der Waals surface area (Å²) in [6, 6.07) is 16.8. The van der Waals surface area contributed by atoms with E-state index >= 15 is 0 Å². The molecule has 2 amide bonds. The van der Waals surface area contributed by atoms with Gasteiger partial charge in [-0.1, -0.05) is 48.5 Å². The summed E-state index contributed by atoms with van der Waals surface area (Å²) in [6.45, 7) is 5.60. The Bertz CT molecular complexity index is 1300. The number of hydrogen-bond acceptors (Lipinski definition) is 7. The van der Waals surface area contributed by atoms with Gasteiger partial charge in [0.15, 0.2) is 6.10 Å². The number of rotatable bonds is 4. The highest BCUT2D eigenvalue weighted by molar-refractivity contribution is 7.17. The maximum Gasteiger partial charge on any atom is 0.341 e. The second-order valence-electron chi connectivity index (χ2n) is 8.49. The van der Waals surface area contributed by atoms with E-state index < -0.39 is 29.9 Å². The van der Waals surface area contributed by atoms with Gasteiger partial charge in [0, 0.05) is 4.88 Å². The molecule has 8 heteroatoms. The molecule has 0 spiro atoms. The fraction of sp³-hybridized carbons (Fsp3) is 0.269. The van der Waals surface area contributed by atoms with Crippen LogP contribution in [0.4, 0.5) is 10.7 Å². The van der Waals surface area contributed by atoms with Crippen LogP contribution in [-0.4, -0.2) is 31.0 Å². The van der Waals surface area contributed by atoms with Crippen molar-refractivity contribution >= 4 is 39.8 Å². The summed E-state index contributed by atoms with van der Waals surface area (Å²) < 4.78 is 4.95. The summed E-state index contributed by atoms with van der Waals surface area (Å²) in [5, 5.41) is 1.99. The number of esters is 1. The first-order chi connectivity index (χ1) is 16.3. The number of para-hydroxylation sites is 1. The number of amides is 2. The maximum atomic E-state index is 13.9. The van der Waals surface area contributed by atoms with Crippen molar-refractivity contribution in [1.29, 1.82) is 0 Å². The van der Waals surface area contributed by atoms with Crippen LogP contribution < -0.4 is 9.96 Å². The van der Waals surface area contributed by atoms with Crippen LogP contribution in [0.15, 0.2) is 54.6 Å². The molecule has 2 aromatic carbocycles. The van der Waals surface area contributed by atoms with Crippen molar-refractivity contribution in [1.82, 2.24) is 0 Å². The van der Waals surface area contributed by atoms with Crippen LogP contribution in [-0.2, 0) is 19.2 Å². The molecule has 0 saturated carbocycles. The lowest BCUT2D eigenvalue weighted by Gasteiger charge is -2.29. The lowest BCUT2D eigenvalue weighted by Crippen LogP contribution is -2.37. The van der Waals surface area contributed by atoms with Gasteiger partial charge in [0.1, 0.15) is 10.9 Å². The van der Waals surface area contributed by atoms with Gasteiger partial charge in [-0.15, -0.1) is 11.3 Å². The number of methoxy groups -OCH3 is 1. The van der Waals surface area contributed by atoms with Gasteiger partial charge in [0.05, 0.1) is 24.4 Å². The average Bonchev–Trinajstić information content (AvgIpc) is 3.44. The molecule has 0 N–H and O–H groups in total. The molecule has 1 aromatic heterocycles. The summed E-state index contributed by atoms with van der Waals surface area (Å²) in [5.41, 5.74) is 3.59. The van der Waals surface area contributed by atoms with E-state index in [0.717, 1.165) is 26.6 Å². The van der Waals surface area contributed by atoms with Crippen LogP contribution >= 0.6 is 11.3 Å². The second kappa shape index (κ2) is 8.38. The molecule has 3 unspecified atom stereocenters. The Balaban J connectivity index is 1.62. The van der Waals surface area contributed by atoms with Gasteiger partial charge in [0.25, 0.3) is 5.91 Å². The number of ether oxygens (including phenoxy) is 1. The maximum absolute atomic E-state index is 13.9. The summed E-state index contributed by atoms with van der Waals surface area (Å²) in [6.07, 6.45) is -0.995. The summed E-state index contributed by atoms with van der Waals surface area (Å²) in [4.78, 5) is 48.2. The van der Waals surface area contributed by atoms with Gasteiger partial charge in [-0.2, -0.15) is 0 Å². The molecule has 0 bridgehead atoms. The molecule has 0 radical (unpaired) electrons. The first kappa shape index (κ1) is 22.3. The van der Waals surface area contributed by atoms with Crippen molar-refractivity contribution in [3.05, 3.63) is 81.7 Å². The molecule has 7 nitrogen and oxygen atoms in total. The number of anilines is 2. The van der Waals surface area contributed by atoms with Crippen LogP contribution in [0.2, 0.25) is 0 Å². The Morgan fingerprint density at radius 3 is 2.32 bits per heavy atom. The zero-order valence-electron chi connectivity index (χ0n) is 19.3. The predicted octanol–water partition coefficient (Wildman–Crippen LogP) is 4.51. The first-order valence-corrected chi connectivity index (χ1v) is 11.8. The fourth-order valence-corrected chi connectivity index (χ4v) is 5.89. The van der Waals surface area contributed by atoms with E-state index in [1.165, 1.54) is 18.4 Å². The first-order valence-electron chi connectivity index (χ1n) is 11.0. The Morgan fingerprint density at radius 2 is 1.65 bits per heavy atom. The minimum absolute atomic E-state index is 0.249. The van der Waals surface area contributed by atoms with Crippen LogP contribution in [0.25, 0.3) is 0 Å². The fourth-order valence-electron chi connectivity index (χ4n) is 4.73. The molecule has 3 heterocycles. The largest absolute Gasteiger partial charge is 0.465 e. The number of hydroxylamine groups is 1. The predicted molar refractivity (Wildman–Crippen MR) is 129 cm³/mol. The van der Waals surface area contributed by atoms with E-state index in [-0.39, 0.29) is 11.5 Å². The Kier molecular flexibility index (Phi) is 5.50. The van der Waals surface area contributed by atoms with Gasteiger partial charge in [0.2, 0.25) is 5.91 Å². The van der Waals surface area contributed by atoms with Crippen LogP contribution in [0.5, 0.6) is 0 Å². The number of benzene rings is 2. The average molecular weight is 477 g/mol. The van der Waals surface area contributed by atoms with E-state index in [1.807, 2.05) is 68.4 Å². The molecule has 3 aromatic rings. The number of imide groups is 1. The van der Waals surface area contributed by atoms with Crippen molar-refractivity contribution in [3.63, 3.8) is 0 Å². The highest BCUT2D eigenvalue weighted by Gasteiger charge is 2.61. The van der Waals surface area contributed by atoms with Crippen molar-refractivity contribution in [2.24, 2.45) is 5.92 Å². The zero-order chi connectivity index (χ0) is 24.1. The zero-order valence-corrected chi connectivity index (χ0v) is 20.1. The molecule has 2 saturated heterocycles. The van der Waals surface area contributed by atoms with Crippen LogP contribution in [0.3, 0.4) is 0 Å². The van der Waals surface area contributed by atoms with Crippen molar-refractivity contribution < 1.29 is 24.0 Å². The third kappa shape index (κ3) is 3.25. The van der Waals surface area contributed by atoms with Gasteiger partial charge < -0.3 is 4.74 Å². The van der Waals surface area contributed by atoms with Crippen molar-refractivity contribution in [2.75, 3.05) is 17.1 Å². The molecule has 0 aliphatic carbocycles. The van der Waals surface area contributed by atoms with Gasteiger partial charge in [-0.05, 0) is 43.5 Å². The smallest absolute Gasteiger partial charge is 0.341 e. The van der Waals surface area contributed by atoms with E-state index in [1.54, 1.807) is 12.0 Å². The molecule has 2 fully saturated rings. The molecule has 34 heavy (non-hydrogen) atoms. The molecule has 3 atom stereocenters.